The van der Waals surface area contributed by atoms with E-state index in [2.05, 4.69) is 4.74 Å². The molecule has 0 fully saturated rings. The van der Waals surface area contributed by atoms with E-state index in [0.29, 0.717) is 15.0 Å². The third-order valence-electron chi connectivity index (χ3n) is 2.20. The molecule has 1 heterocycles. The van der Waals surface area contributed by atoms with Crippen LogP contribution in [0.5, 0.6) is 5.75 Å². The lowest BCUT2D eigenvalue weighted by Crippen LogP contribution is -2.16. The van der Waals surface area contributed by atoms with Crippen molar-refractivity contribution in [3.63, 3.8) is 0 Å². The summed E-state index contributed by atoms with van der Waals surface area (Å²) in [4.78, 5) is 11.9. The van der Waals surface area contributed by atoms with Crippen molar-refractivity contribution in [2.75, 3.05) is 6.61 Å². The second-order valence-electron chi connectivity index (χ2n) is 3.58. The number of esters is 1. The van der Waals surface area contributed by atoms with E-state index in [0.717, 1.165) is 11.3 Å². The molecule has 0 saturated heterocycles. The van der Waals surface area contributed by atoms with E-state index in [1.54, 1.807) is 6.92 Å². The topological polar surface area (TPSA) is 35.5 Å². The molecule has 19 heavy (non-hydrogen) atoms. The number of benzene rings is 1. The van der Waals surface area contributed by atoms with Crippen molar-refractivity contribution in [1.29, 1.82) is 0 Å². The first-order valence-corrected chi connectivity index (χ1v) is 6.17. The van der Waals surface area contributed by atoms with Gasteiger partial charge in [-0.3, -0.25) is 0 Å². The first-order chi connectivity index (χ1) is 8.89. The Hall–Kier alpha value is -1.76. The van der Waals surface area contributed by atoms with Crippen molar-refractivity contribution in [1.82, 2.24) is 0 Å². The van der Waals surface area contributed by atoms with Crippen LogP contribution in [-0.2, 0) is 4.74 Å². The van der Waals surface area contributed by atoms with Gasteiger partial charge in [-0.05, 0) is 36.6 Å². The molecule has 1 aromatic carbocycles. The number of carbonyl (C=O) groups excluding carboxylic acids is 1. The fourth-order valence-corrected chi connectivity index (χ4v) is 2.46. The van der Waals surface area contributed by atoms with Gasteiger partial charge < -0.3 is 9.47 Å². The van der Waals surface area contributed by atoms with E-state index in [9.17, 15) is 18.0 Å². The number of thiophene rings is 1. The molecule has 2 aromatic rings. The van der Waals surface area contributed by atoms with Gasteiger partial charge in [0, 0.05) is 4.70 Å². The lowest BCUT2D eigenvalue weighted by Gasteiger charge is -2.08. The molecule has 0 N–H and O–H groups in total. The van der Waals surface area contributed by atoms with E-state index in [4.69, 9.17) is 4.74 Å². The van der Waals surface area contributed by atoms with E-state index in [1.807, 2.05) is 0 Å². The van der Waals surface area contributed by atoms with Crippen molar-refractivity contribution in [2.45, 2.75) is 13.3 Å². The number of fused-ring (bicyclic) bond motifs is 1. The normalized spacial score (nSPS) is 11.6. The van der Waals surface area contributed by atoms with Gasteiger partial charge in [0.1, 0.15) is 10.6 Å². The van der Waals surface area contributed by atoms with Crippen LogP contribution in [0.4, 0.5) is 13.2 Å². The average Bonchev–Trinajstić information content (AvgIpc) is 2.70. The molecule has 0 spiro atoms. The van der Waals surface area contributed by atoms with Crippen molar-refractivity contribution in [2.24, 2.45) is 0 Å². The molecule has 0 aliphatic heterocycles. The zero-order chi connectivity index (χ0) is 14.0. The smallest absolute Gasteiger partial charge is 0.462 e. The van der Waals surface area contributed by atoms with Crippen LogP contribution in [0.15, 0.2) is 24.3 Å². The predicted octanol–water partition coefficient (Wildman–Crippen LogP) is 3.98. The molecule has 2 rings (SSSR count). The Labute approximate surface area is 110 Å². The summed E-state index contributed by atoms with van der Waals surface area (Å²) in [5.74, 6) is -0.796. The molecule has 0 atom stereocenters. The minimum atomic E-state index is -4.73. The minimum Gasteiger partial charge on any atom is -0.462 e. The molecule has 0 amide bonds. The van der Waals surface area contributed by atoms with E-state index in [1.165, 1.54) is 24.3 Å². The number of rotatable bonds is 3. The van der Waals surface area contributed by atoms with Crippen molar-refractivity contribution in [3.8, 4) is 5.75 Å². The maximum atomic E-state index is 12.1. The van der Waals surface area contributed by atoms with Gasteiger partial charge >= 0.3 is 12.3 Å². The molecule has 3 nitrogen and oxygen atoms in total. The number of alkyl halides is 3. The van der Waals surface area contributed by atoms with Crippen LogP contribution >= 0.6 is 11.3 Å². The number of halogens is 3. The average molecular weight is 290 g/mol. The van der Waals surface area contributed by atoms with Gasteiger partial charge in [-0.15, -0.1) is 24.5 Å². The van der Waals surface area contributed by atoms with Crippen LogP contribution in [0.2, 0.25) is 0 Å². The number of carbonyl (C=O) groups is 1. The zero-order valence-electron chi connectivity index (χ0n) is 9.78. The van der Waals surface area contributed by atoms with Gasteiger partial charge in [-0.1, -0.05) is 0 Å². The standard InChI is InChI=1S/C12H9F3O3S/c1-2-17-11(16)10-6-7-5-8(18-12(13,14)15)3-4-9(7)19-10/h3-6H,2H2,1H3. The SMILES string of the molecule is CCOC(=O)c1cc2cc(OC(F)(F)F)ccc2s1. The minimum absolute atomic E-state index is 0.246. The van der Waals surface area contributed by atoms with Crippen LogP contribution in [0, 0.1) is 0 Å². The Kier molecular flexibility index (Phi) is 3.66. The van der Waals surface area contributed by atoms with Crippen molar-refractivity contribution in [3.05, 3.63) is 29.1 Å². The first kappa shape index (κ1) is 13.7. The third kappa shape index (κ3) is 3.37. The molecule has 7 heteroatoms. The number of hydrogen-bond donors (Lipinski definition) is 0. The van der Waals surface area contributed by atoms with E-state index in [-0.39, 0.29) is 12.4 Å². The highest BCUT2D eigenvalue weighted by atomic mass is 32.1. The van der Waals surface area contributed by atoms with Gasteiger partial charge in [-0.2, -0.15) is 0 Å². The van der Waals surface area contributed by atoms with Crippen LogP contribution in [0.3, 0.4) is 0 Å². The van der Waals surface area contributed by atoms with Crippen LogP contribution < -0.4 is 4.74 Å². The Balaban J connectivity index is 2.31. The summed E-state index contributed by atoms with van der Waals surface area (Å²) >= 11 is 1.16. The van der Waals surface area contributed by atoms with Gasteiger partial charge in [0.2, 0.25) is 0 Å². The molecule has 0 aliphatic carbocycles. The molecular weight excluding hydrogens is 281 g/mol. The Morgan fingerprint density at radius 2 is 2.05 bits per heavy atom. The first-order valence-electron chi connectivity index (χ1n) is 5.35. The molecular formula is C12H9F3O3S. The third-order valence-corrected chi connectivity index (χ3v) is 3.29. The highest BCUT2D eigenvalue weighted by Gasteiger charge is 2.31. The van der Waals surface area contributed by atoms with Gasteiger partial charge in [0.25, 0.3) is 0 Å². The predicted molar refractivity (Wildman–Crippen MR) is 64.5 cm³/mol. The van der Waals surface area contributed by atoms with Crippen LogP contribution in [0.1, 0.15) is 16.6 Å². The van der Waals surface area contributed by atoms with Crippen LogP contribution in [-0.4, -0.2) is 18.9 Å². The molecule has 0 unspecified atom stereocenters. The summed E-state index contributed by atoms with van der Waals surface area (Å²) < 4.78 is 45.6. The van der Waals surface area contributed by atoms with Crippen molar-refractivity contribution >= 4 is 27.4 Å². The largest absolute Gasteiger partial charge is 0.573 e. The second-order valence-corrected chi connectivity index (χ2v) is 4.66. The summed E-state index contributed by atoms with van der Waals surface area (Å²) in [6.07, 6.45) is -4.73. The van der Waals surface area contributed by atoms with Gasteiger partial charge in [0.15, 0.2) is 0 Å². The number of ether oxygens (including phenoxy) is 2. The summed E-state index contributed by atoms with van der Waals surface area (Å²) in [7, 11) is 0. The van der Waals surface area contributed by atoms with Gasteiger partial charge in [0.05, 0.1) is 6.61 Å². The molecule has 0 radical (unpaired) electrons. The maximum absolute atomic E-state index is 12.1. The Bertz CT molecular complexity index is 604. The quantitative estimate of drug-likeness (QED) is 0.802. The Morgan fingerprint density at radius 3 is 2.68 bits per heavy atom. The molecule has 0 bridgehead atoms. The summed E-state index contributed by atoms with van der Waals surface area (Å²) in [6.45, 7) is 1.93. The van der Waals surface area contributed by atoms with E-state index >= 15 is 0 Å². The summed E-state index contributed by atoms with van der Waals surface area (Å²) in [5.41, 5.74) is 0. The second kappa shape index (κ2) is 5.08. The summed E-state index contributed by atoms with van der Waals surface area (Å²) in [6, 6.07) is 5.41. The van der Waals surface area contributed by atoms with Crippen LogP contribution in [0.25, 0.3) is 10.1 Å². The molecule has 0 aliphatic rings. The van der Waals surface area contributed by atoms with Crippen molar-refractivity contribution < 1.29 is 27.4 Å². The lowest BCUT2D eigenvalue weighted by molar-refractivity contribution is -0.274. The lowest BCUT2D eigenvalue weighted by atomic mass is 10.2. The molecule has 0 saturated carbocycles. The summed E-state index contributed by atoms with van der Waals surface area (Å²) in [5, 5.41) is 0.509. The molecule has 1 aromatic heterocycles. The highest BCUT2D eigenvalue weighted by molar-refractivity contribution is 7.20. The monoisotopic (exact) mass is 290 g/mol. The highest BCUT2D eigenvalue weighted by Crippen LogP contribution is 2.31. The fraction of sp³-hybridized carbons (Fsp3) is 0.250. The van der Waals surface area contributed by atoms with E-state index < -0.39 is 12.3 Å². The Morgan fingerprint density at radius 1 is 1.32 bits per heavy atom. The number of hydrogen-bond acceptors (Lipinski definition) is 4. The maximum Gasteiger partial charge on any atom is 0.573 e. The fourth-order valence-electron chi connectivity index (χ4n) is 1.52. The zero-order valence-corrected chi connectivity index (χ0v) is 10.6. The van der Waals surface area contributed by atoms with Gasteiger partial charge in [-0.25, -0.2) is 4.79 Å². The molecule has 102 valence electrons.